The Balaban J connectivity index is 2.32. The van der Waals surface area contributed by atoms with E-state index in [9.17, 15) is 0 Å². The zero-order valence-electron chi connectivity index (χ0n) is 6.54. The van der Waals surface area contributed by atoms with E-state index >= 15 is 0 Å². The third-order valence-electron chi connectivity index (χ3n) is 1.28. The molecule has 0 aromatic carbocycles. The van der Waals surface area contributed by atoms with Crippen LogP contribution in [0.1, 0.15) is 12.1 Å². The Kier molecular flexibility index (Phi) is 3.32. The molecule has 0 spiro atoms. The predicted molar refractivity (Wildman–Crippen MR) is 46.0 cm³/mol. The normalized spacial score (nSPS) is 10.0. The molecule has 0 fully saturated rings. The van der Waals surface area contributed by atoms with E-state index in [1.54, 1.807) is 5.51 Å². The molecular formula is C7H12N2OS. The van der Waals surface area contributed by atoms with Crippen LogP contribution in [-0.2, 0) is 0 Å². The maximum absolute atomic E-state index is 5.39. The number of ether oxygens (including phenoxy) is 1. The van der Waals surface area contributed by atoms with Gasteiger partial charge >= 0.3 is 0 Å². The molecule has 4 heteroatoms. The smallest absolute Gasteiger partial charge is 0.196 e. The van der Waals surface area contributed by atoms with Gasteiger partial charge in [0, 0.05) is 0 Å². The molecule has 0 aliphatic heterocycles. The van der Waals surface area contributed by atoms with E-state index in [2.05, 4.69) is 4.98 Å². The summed E-state index contributed by atoms with van der Waals surface area (Å²) in [6, 6.07) is 0. The van der Waals surface area contributed by atoms with Crippen LogP contribution in [-0.4, -0.2) is 18.1 Å². The third-order valence-corrected chi connectivity index (χ3v) is 2.12. The lowest BCUT2D eigenvalue weighted by Crippen LogP contribution is -2.05. The first kappa shape index (κ1) is 8.49. The van der Waals surface area contributed by atoms with E-state index in [0.29, 0.717) is 13.2 Å². The van der Waals surface area contributed by atoms with Crippen LogP contribution in [0.2, 0.25) is 0 Å². The molecule has 0 aliphatic rings. The van der Waals surface area contributed by atoms with Gasteiger partial charge in [0.25, 0.3) is 0 Å². The molecule has 11 heavy (non-hydrogen) atoms. The number of hydrogen-bond acceptors (Lipinski definition) is 4. The van der Waals surface area contributed by atoms with Gasteiger partial charge in [0.2, 0.25) is 0 Å². The summed E-state index contributed by atoms with van der Waals surface area (Å²) in [7, 11) is 0. The van der Waals surface area contributed by atoms with Gasteiger partial charge in [-0.2, -0.15) is 0 Å². The molecule has 0 aliphatic carbocycles. The number of aromatic nitrogens is 1. The SMILES string of the molecule is Cc1ncsc1OCCCN. The zero-order valence-corrected chi connectivity index (χ0v) is 7.36. The van der Waals surface area contributed by atoms with Crippen LogP contribution in [0, 0.1) is 6.92 Å². The highest BCUT2D eigenvalue weighted by molar-refractivity contribution is 7.11. The average Bonchev–Trinajstić information content (AvgIpc) is 2.37. The van der Waals surface area contributed by atoms with Gasteiger partial charge in [0.05, 0.1) is 17.8 Å². The molecule has 0 amide bonds. The van der Waals surface area contributed by atoms with Crippen molar-refractivity contribution in [2.45, 2.75) is 13.3 Å². The third kappa shape index (κ3) is 2.48. The first-order chi connectivity index (χ1) is 5.34. The van der Waals surface area contributed by atoms with Gasteiger partial charge in [0.15, 0.2) is 5.06 Å². The van der Waals surface area contributed by atoms with Crippen molar-refractivity contribution in [3.63, 3.8) is 0 Å². The Hall–Kier alpha value is -0.610. The molecule has 0 atom stereocenters. The fraction of sp³-hybridized carbons (Fsp3) is 0.571. The molecule has 0 bridgehead atoms. The van der Waals surface area contributed by atoms with Crippen LogP contribution in [0.3, 0.4) is 0 Å². The van der Waals surface area contributed by atoms with Gasteiger partial charge in [-0.3, -0.25) is 0 Å². The van der Waals surface area contributed by atoms with E-state index in [1.807, 2.05) is 6.92 Å². The summed E-state index contributed by atoms with van der Waals surface area (Å²) >= 11 is 1.53. The van der Waals surface area contributed by atoms with Gasteiger partial charge in [0.1, 0.15) is 0 Å². The minimum absolute atomic E-state index is 0.678. The predicted octanol–water partition coefficient (Wildman–Crippen LogP) is 1.18. The van der Waals surface area contributed by atoms with E-state index in [-0.39, 0.29) is 0 Å². The minimum atomic E-state index is 0.678. The van der Waals surface area contributed by atoms with Crippen LogP contribution in [0.4, 0.5) is 0 Å². The van der Waals surface area contributed by atoms with Crippen LogP contribution in [0.15, 0.2) is 5.51 Å². The summed E-state index contributed by atoms with van der Waals surface area (Å²) < 4.78 is 5.39. The van der Waals surface area contributed by atoms with Crippen molar-refractivity contribution in [2.24, 2.45) is 5.73 Å². The standard InChI is InChI=1S/C7H12N2OS/c1-6-7(11-5-9-6)10-4-2-3-8/h5H,2-4,8H2,1H3. The highest BCUT2D eigenvalue weighted by Gasteiger charge is 1.99. The first-order valence-corrected chi connectivity index (χ1v) is 4.45. The topological polar surface area (TPSA) is 48.1 Å². The largest absolute Gasteiger partial charge is 0.482 e. The molecule has 1 heterocycles. The highest BCUT2D eigenvalue weighted by Crippen LogP contribution is 2.21. The second-order valence-corrected chi connectivity index (χ2v) is 3.03. The number of thiazole rings is 1. The summed E-state index contributed by atoms with van der Waals surface area (Å²) in [6.07, 6.45) is 0.900. The van der Waals surface area contributed by atoms with Crippen molar-refractivity contribution in [1.82, 2.24) is 4.98 Å². The fourth-order valence-electron chi connectivity index (χ4n) is 0.678. The van der Waals surface area contributed by atoms with Gasteiger partial charge in [-0.15, -0.1) is 0 Å². The quantitative estimate of drug-likeness (QED) is 0.694. The summed E-state index contributed by atoms with van der Waals surface area (Å²) in [5.41, 5.74) is 8.06. The first-order valence-electron chi connectivity index (χ1n) is 3.57. The number of nitrogens with zero attached hydrogens (tertiary/aromatic N) is 1. The lowest BCUT2D eigenvalue weighted by Gasteiger charge is -2.01. The van der Waals surface area contributed by atoms with Crippen molar-refractivity contribution in [2.75, 3.05) is 13.2 Å². The Morgan fingerprint density at radius 2 is 2.55 bits per heavy atom. The second-order valence-electron chi connectivity index (χ2n) is 2.22. The lowest BCUT2D eigenvalue weighted by atomic mass is 10.5. The molecule has 62 valence electrons. The van der Waals surface area contributed by atoms with Crippen molar-refractivity contribution in [1.29, 1.82) is 0 Å². The van der Waals surface area contributed by atoms with Crippen molar-refractivity contribution in [3.05, 3.63) is 11.2 Å². The van der Waals surface area contributed by atoms with Gasteiger partial charge < -0.3 is 10.5 Å². The van der Waals surface area contributed by atoms with E-state index in [1.165, 1.54) is 11.3 Å². The van der Waals surface area contributed by atoms with Gasteiger partial charge in [-0.1, -0.05) is 11.3 Å². The Labute approximate surface area is 70.2 Å². The average molecular weight is 172 g/mol. The van der Waals surface area contributed by atoms with Crippen LogP contribution < -0.4 is 10.5 Å². The van der Waals surface area contributed by atoms with Crippen LogP contribution in [0.5, 0.6) is 5.06 Å². The number of hydrogen-bond donors (Lipinski definition) is 1. The summed E-state index contributed by atoms with van der Waals surface area (Å²) in [5, 5.41) is 0.915. The molecule has 1 rings (SSSR count). The van der Waals surface area contributed by atoms with Gasteiger partial charge in [-0.05, 0) is 19.9 Å². The molecule has 1 aromatic heterocycles. The summed E-state index contributed by atoms with van der Waals surface area (Å²) in [6.45, 7) is 3.31. The molecule has 2 N–H and O–H groups in total. The van der Waals surface area contributed by atoms with Gasteiger partial charge in [-0.25, -0.2) is 4.98 Å². The molecular weight excluding hydrogens is 160 g/mol. The lowest BCUT2D eigenvalue weighted by molar-refractivity contribution is 0.319. The Bertz CT molecular complexity index is 212. The van der Waals surface area contributed by atoms with E-state index in [0.717, 1.165) is 17.2 Å². The maximum Gasteiger partial charge on any atom is 0.196 e. The van der Waals surface area contributed by atoms with Crippen LogP contribution in [0.25, 0.3) is 0 Å². The summed E-state index contributed by atoms with van der Waals surface area (Å²) in [4.78, 5) is 4.06. The molecule has 0 radical (unpaired) electrons. The monoisotopic (exact) mass is 172 g/mol. The molecule has 3 nitrogen and oxygen atoms in total. The van der Waals surface area contributed by atoms with Crippen molar-refractivity contribution >= 4 is 11.3 Å². The van der Waals surface area contributed by atoms with Crippen molar-refractivity contribution < 1.29 is 4.74 Å². The molecule has 0 saturated carbocycles. The number of nitrogens with two attached hydrogens (primary N) is 1. The molecule has 0 unspecified atom stereocenters. The van der Waals surface area contributed by atoms with Crippen molar-refractivity contribution in [3.8, 4) is 5.06 Å². The molecule has 1 aromatic rings. The Morgan fingerprint density at radius 3 is 3.09 bits per heavy atom. The fourth-order valence-corrected chi connectivity index (χ4v) is 1.36. The van der Waals surface area contributed by atoms with Crippen LogP contribution >= 0.6 is 11.3 Å². The number of aryl methyl sites for hydroxylation is 1. The highest BCUT2D eigenvalue weighted by atomic mass is 32.1. The minimum Gasteiger partial charge on any atom is -0.482 e. The maximum atomic E-state index is 5.39. The number of rotatable bonds is 4. The summed E-state index contributed by atoms with van der Waals surface area (Å²) in [5.74, 6) is 0. The van der Waals surface area contributed by atoms with E-state index < -0.39 is 0 Å². The second kappa shape index (κ2) is 4.31. The zero-order chi connectivity index (χ0) is 8.10. The Morgan fingerprint density at radius 1 is 1.73 bits per heavy atom. The molecule has 0 saturated heterocycles. The van der Waals surface area contributed by atoms with E-state index in [4.69, 9.17) is 10.5 Å².